The van der Waals surface area contributed by atoms with Gasteiger partial charge in [-0.05, 0) is 19.1 Å². The molecule has 2 aromatic rings. The van der Waals surface area contributed by atoms with Gasteiger partial charge in [-0.3, -0.25) is 0 Å². The van der Waals surface area contributed by atoms with E-state index in [-0.39, 0.29) is 0 Å². The molecule has 4 heteroatoms. The van der Waals surface area contributed by atoms with Crippen LogP contribution in [-0.4, -0.2) is 7.11 Å². The van der Waals surface area contributed by atoms with E-state index in [1.54, 1.807) is 18.4 Å². The van der Waals surface area contributed by atoms with E-state index in [1.807, 2.05) is 12.1 Å². The normalized spacial score (nSPS) is 12.1. The van der Waals surface area contributed by atoms with Gasteiger partial charge in [-0.25, -0.2) is 0 Å². The Bertz CT molecular complexity index is 583. The van der Waals surface area contributed by atoms with E-state index in [2.05, 4.69) is 30.6 Å². The van der Waals surface area contributed by atoms with E-state index in [0.717, 1.165) is 23.7 Å². The number of ether oxygens (including phenoxy) is 1. The van der Waals surface area contributed by atoms with Crippen LogP contribution in [0.5, 0.6) is 0 Å². The third-order valence-electron chi connectivity index (χ3n) is 2.90. The van der Waals surface area contributed by atoms with Gasteiger partial charge in [-0.2, -0.15) is 4.57 Å². The second-order valence-electron chi connectivity index (χ2n) is 3.96. The van der Waals surface area contributed by atoms with Crippen molar-refractivity contribution in [2.45, 2.75) is 26.8 Å². The molecule has 1 aromatic carbocycles. The summed E-state index contributed by atoms with van der Waals surface area (Å²) in [5.74, 6) is 0.995. The van der Waals surface area contributed by atoms with E-state index in [0.29, 0.717) is 0 Å². The zero-order chi connectivity index (χ0) is 13.1. The Hall–Kier alpha value is -1.06. The second kappa shape index (κ2) is 5.72. The highest BCUT2D eigenvalue weighted by atomic mass is 35.5. The van der Waals surface area contributed by atoms with Gasteiger partial charge in [-0.15, -0.1) is 0 Å². The molecule has 0 spiro atoms. The van der Waals surface area contributed by atoms with Crippen LogP contribution in [0.1, 0.15) is 25.3 Å². The maximum atomic E-state index is 6.07. The summed E-state index contributed by atoms with van der Waals surface area (Å²) in [5.41, 5.74) is 1.19. The number of hydrogen-bond acceptors (Lipinski definition) is 2. The first-order chi connectivity index (χ1) is 8.69. The van der Waals surface area contributed by atoms with Gasteiger partial charge in [0.2, 0.25) is 5.52 Å². The zero-order valence-corrected chi connectivity index (χ0v) is 12.4. The maximum absolute atomic E-state index is 6.07. The van der Waals surface area contributed by atoms with Crippen molar-refractivity contribution < 1.29 is 9.30 Å². The quantitative estimate of drug-likeness (QED) is 0.603. The van der Waals surface area contributed by atoms with Crippen LogP contribution in [-0.2, 0) is 11.3 Å². The molecule has 0 unspecified atom stereocenters. The molecule has 0 aliphatic heterocycles. The first-order valence-corrected chi connectivity index (χ1v) is 7.25. The molecular formula is C14H17ClNOS+. The molecule has 0 bridgehead atoms. The number of rotatable bonds is 4. The minimum absolute atomic E-state index is 0.778. The molecule has 0 N–H and O–H groups in total. The van der Waals surface area contributed by atoms with Crippen molar-refractivity contribution >= 4 is 39.2 Å². The lowest BCUT2D eigenvalue weighted by Crippen LogP contribution is -2.33. The molecule has 0 aliphatic carbocycles. The van der Waals surface area contributed by atoms with Crippen molar-refractivity contribution in [2.75, 3.05) is 7.11 Å². The van der Waals surface area contributed by atoms with Crippen molar-refractivity contribution in [3.05, 3.63) is 34.0 Å². The monoisotopic (exact) mass is 282 g/mol. The molecule has 0 saturated carbocycles. The minimum atomic E-state index is 0.778. The Kier molecular flexibility index (Phi) is 4.25. The third-order valence-corrected chi connectivity index (χ3v) is 4.25. The number of benzene rings is 1. The maximum Gasteiger partial charge on any atom is 0.266 e. The summed E-state index contributed by atoms with van der Waals surface area (Å²) in [6.45, 7) is 5.16. The van der Waals surface area contributed by atoms with Crippen LogP contribution in [0.15, 0.2) is 24.0 Å². The molecule has 0 amide bonds. The Morgan fingerprint density at radius 3 is 2.83 bits per heavy atom. The highest BCUT2D eigenvalue weighted by Gasteiger charge is 2.18. The van der Waals surface area contributed by atoms with Gasteiger partial charge in [0.15, 0.2) is 0 Å². The lowest BCUT2D eigenvalue weighted by molar-refractivity contribution is -0.665. The number of aryl methyl sites for hydroxylation is 1. The average molecular weight is 283 g/mol. The Labute approximate surface area is 116 Å². The van der Waals surface area contributed by atoms with Crippen LogP contribution in [0.4, 0.5) is 0 Å². The number of nitrogens with zero attached hydrogens (tertiary/aromatic N) is 1. The van der Waals surface area contributed by atoms with E-state index in [9.17, 15) is 0 Å². The number of methoxy groups -OCH3 is 1. The molecule has 2 rings (SSSR count). The van der Waals surface area contributed by atoms with Crippen molar-refractivity contribution in [3.8, 4) is 0 Å². The Balaban J connectivity index is 2.60. The summed E-state index contributed by atoms with van der Waals surface area (Å²) < 4.78 is 8.86. The fourth-order valence-corrected chi connectivity index (χ4v) is 3.28. The Morgan fingerprint density at radius 1 is 1.44 bits per heavy atom. The highest BCUT2D eigenvalue weighted by molar-refractivity contribution is 7.18. The van der Waals surface area contributed by atoms with E-state index < -0.39 is 0 Å². The summed E-state index contributed by atoms with van der Waals surface area (Å²) in [6, 6.07) is 6.03. The fraction of sp³-hybridized carbons (Fsp3) is 0.357. The van der Waals surface area contributed by atoms with Gasteiger partial charge in [-0.1, -0.05) is 29.9 Å². The largest absolute Gasteiger partial charge is 0.501 e. The molecule has 1 heterocycles. The molecule has 18 heavy (non-hydrogen) atoms. The van der Waals surface area contributed by atoms with Gasteiger partial charge in [0.25, 0.3) is 5.01 Å². The Morgan fingerprint density at radius 2 is 2.22 bits per heavy atom. The van der Waals surface area contributed by atoms with Crippen molar-refractivity contribution in [3.63, 3.8) is 0 Å². The predicted octanol–water partition coefficient (Wildman–Crippen LogP) is 4.26. The minimum Gasteiger partial charge on any atom is -0.501 e. The van der Waals surface area contributed by atoms with E-state index in [1.165, 1.54) is 15.2 Å². The van der Waals surface area contributed by atoms with Crippen LogP contribution in [0, 0.1) is 0 Å². The molecule has 0 radical (unpaired) electrons. The lowest BCUT2D eigenvalue weighted by Gasteiger charge is -1.99. The van der Waals surface area contributed by atoms with Gasteiger partial charge >= 0.3 is 0 Å². The summed E-state index contributed by atoms with van der Waals surface area (Å²) >= 11 is 7.83. The SMILES string of the molecule is CCC(=Cc1sc2ccc(Cl)cc2[n+]1CC)OC. The first-order valence-electron chi connectivity index (χ1n) is 6.06. The third kappa shape index (κ3) is 2.52. The van der Waals surface area contributed by atoms with E-state index in [4.69, 9.17) is 16.3 Å². The molecule has 0 saturated heterocycles. The number of fused-ring (bicyclic) bond motifs is 1. The molecular weight excluding hydrogens is 266 g/mol. The topological polar surface area (TPSA) is 13.1 Å². The van der Waals surface area contributed by atoms with Gasteiger partial charge in [0, 0.05) is 17.5 Å². The molecule has 96 valence electrons. The highest BCUT2D eigenvalue weighted by Crippen LogP contribution is 2.25. The standard InChI is InChI=1S/C14H17ClNOS/c1-4-11(17-3)9-14-16(5-2)12-8-10(15)6-7-13(12)18-14/h6-9H,4-5H2,1-3H3/q+1. The van der Waals surface area contributed by atoms with Crippen LogP contribution in [0.3, 0.4) is 0 Å². The van der Waals surface area contributed by atoms with Crippen LogP contribution in [0.2, 0.25) is 5.02 Å². The molecule has 0 aliphatic rings. The van der Waals surface area contributed by atoms with E-state index >= 15 is 0 Å². The van der Waals surface area contributed by atoms with Crippen LogP contribution < -0.4 is 4.57 Å². The molecule has 0 fully saturated rings. The summed E-state index contributed by atoms with van der Waals surface area (Å²) in [5, 5.41) is 1.98. The summed E-state index contributed by atoms with van der Waals surface area (Å²) in [7, 11) is 1.72. The smallest absolute Gasteiger partial charge is 0.266 e. The zero-order valence-electron chi connectivity index (χ0n) is 10.9. The van der Waals surface area contributed by atoms with Crippen molar-refractivity contribution in [1.82, 2.24) is 0 Å². The first kappa shape index (κ1) is 13.4. The van der Waals surface area contributed by atoms with Crippen molar-refractivity contribution in [1.29, 1.82) is 0 Å². The number of hydrogen-bond donors (Lipinski definition) is 0. The summed E-state index contributed by atoms with van der Waals surface area (Å²) in [6.07, 6.45) is 3.01. The number of thiazole rings is 1. The summed E-state index contributed by atoms with van der Waals surface area (Å²) in [4.78, 5) is 0. The number of aromatic nitrogens is 1. The van der Waals surface area contributed by atoms with Crippen molar-refractivity contribution in [2.24, 2.45) is 0 Å². The average Bonchev–Trinajstić information content (AvgIpc) is 2.72. The van der Waals surface area contributed by atoms with Gasteiger partial charge in [0.1, 0.15) is 17.0 Å². The molecule has 1 aromatic heterocycles. The molecule has 0 atom stereocenters. The van der Waals surface area contributed by atoms with Crippen LogP contribution >= 0.6 is 22.9 Å². The number of halogens is 1. The lowest BCUT2D eigenvalue weighted by atomic mass is 10.3. The van der Waals surface area contributed by atoms with Gasteiger partial charge < -0.3 is 4.74 Å². The second-order valence-corrected chi connectivity index (χ2v) is 5.46. The van der Waals surface area contributed by atoms with Crippen LogP contribution in [0.25, 0.3) is 16.3 Å². The molecule has 2 nitrogen and oxygen atoms in total. The fourth-order valence-electron chi connectivity index (χ4n) is 1.95. The number of allylic oxidation sites excluding steroid dienone is 1. The predicted molar refractivity (Wildman–Crippen MR) is 78.0 cm³/mol. The van der Waals surface area contributed by atoms with Gasteiger partial charge in [0.05, 0.1) is 13.2 Å².